The van der Waals surface area contributed by atoms with Crippen LogP contribution in [0.4, 0.5) is 0 Å². The Kier molecular flexibility index (Phi) is 3.85. The number of carbonyl (C=O) groups excluding carboxylic acids is 1. The molecule has 2 atom stereocenters. The molecule has 0 aromatic heterocycles. The Labute approximate surface area is 109 Å². The van der Waals surface area contributed by atoms with E-state index in [4.69, 9.17) is 4.74 Å². The molecule has 3 rings (SSSR count). The zero-order valence-corrected chi connectivity index (χ0v) is 11.1. The molecule has 1 aliphatic heterocycles. The largest absolute Gasteiger partial charge is 0.374 e. The van der Waals surface area contributed by atoms with Gasteiger partial charge in [0.2, 0.25) is 5.91 Å². The molecular formula is C14H24N2O2. The van der Waals surface area contributed by atoms with Crippen molar-refractivity contribution in [2.45, 2.75) is 50.7 Å². The number of carbonyl (C=O) groups is 1. The molecule has 1 N–H and O–H groups in total. The zero-order valence-electron chi connectivity index (χ0n) is 11.1. The number of nitrogens with one attached hydrogen (secondary N) is 1. The molecule has 1 heterocycles. The second kappa shape index (κ2) is 5.57. The molecule has 2 saturated carbocycles. The van der Waals surface area contributed by atoms with E-state index in [1.165, 1.54) is 25.7 Å². The van der Waals surface area contributed by atoms with Crippen LogP contribution in [0.1, 0.15) is 38.5 Å². The normalized spacial score (nSPS) is 32.1. The standard InChI is InChI=1S/C14H24N2O2/c17-14(10-15-9-11-5-6-11)16-7-8-18-13-4-2-1-3-12(13)16/h11-13,15H,1-10H2. The average molecular weight is 252 g/mol. The van der Waals surface area contributed by atoms with Crippen LogP contribution in [0, 0.1) is 5.92 Å². The van der Waals surface area contributed by atoms with Crippen LogP contribution in [0.5, 0.6) is 0 Å². The molecule has 0 aromatic carbocycles. The maximum absolute atomic E-state index is 12.3. The summed E-state index contributed by atoms with van der Waals surface area (Å²) in [5, 5.41) is 3.31. The van der Waals surface area contributed by atoms with Crippen molar-refractivity contribution in [1.29, 1.82) is 0 Å². The van der Waals surface area contributed by atoms with Gasteiger partial charge in [0.15, 0.2) is 0 Å². The van der Waals surface area contributed by atoms with Crippen LogP contribution >= 0.6 is 0 Å². The third-order valence-electron chi connectivity index (χ3n) is 4.46. The molecule has 3 fully saturated rings. The number of amides is 1. The minimum atomic E-state index is 0.274. The zero-order chi connectivity index (χ0) is 12.4. The Hall–Kier alpha value is -0.610. The highest BCUT2D eigenvalue weighted by molar-refractivity contribution is 5.78. The molecule has 0 aromatic rings. The van der Waals surface area contributed by atoms with Crippen LogP contribution in [0.2, 0.25) is 0 Å². The fourth-order valence-electron chi connectivity index (χ4n) is 3.21. The lowest BCUT2D eigenvalue weighted by Crippen LogP contribution is -2.56. The van der Waals surface area contributed by atoms with E-state index in [2.05, 4.69) is 10.2 Å². The van der Waals surface area contributed by atoms with Crippen molar-refractivity contribution in [3.8, 4) is 0 Å². The lowest BCUT2D eigenvalue weighted by molar-refractivity contribution is -0.148. The minimum Gasteiger partial charge on any atom is -0.374 e. The first kappa shape index (κ1) is 12.4. The van der Waals surface area contributed by atoms with Gasteiger partial charge in [-0.15, -0.1) is 0 Å². The van der Waals surface area contributed by atoms with Gasteiger partial charge in [0.1, 0.15) is 0 Å². The summed E-state index contributed by atoms with van der Waals surface area (Å²) in [6.45, 7) is 3.03. The molecule has 0 bridgehead atoms. The third kappa shape index (κ3) is 2.86. The molecule has 4 heteroatoms. The van der Waals surface area contributed by atoms with E-state index < -0.39 is 0 Å². The molecule has 1 saturated heterocycles. The Balaban J connectivity index is 1.50. The van der Waals surface area contributed by atoms with Crippen molar-refractivity contribution >= 4 is 5.91 Å². The summed E-state index contributed by atoms with van der Waals surface area (Å²) in [6, 6.07) is 0.350. The second-order valence-corrected chi connectivity index (χ2v) is 5.92. The van der Waals surface area contributed by atoms with Gasteiger partial charge >= 0.3 is 0 Å². The number of nitrogens with zero attached hydrogens (tertiary/aromatic N) is 1. The number of hydrogen-bond acceptors (Lipinski definition) is 3. The van der Waals surface area contributed by atoms with Gasteiger partial charge in [-0.2, -0.15) is 0 Å². The van der Waals surface area contributed by atoms with E-state index in [0.29, 0.717) is 18.7 Å². The number of ether oxygens (including phenoxy) is 1. The number of morpholine rings is 1. The van der Waals surface area contributed by atoms with Gasteiger partial charge in [-0.25, -0.2) is 0 Å². The highest BCUT2D eigenvalue weighted by Gasteiger charge is 2.36. The van der Waals surface area contributed by atoms with E-state index in [1.54, 1.807) is 0 Å². The molecule has 1 amide bonds. The van der Waals surface area contributed by atoms with Crippen LogP contribution < -0.4 is 5.32 Å². The highest BCUT2D eigenvalue weighted by atomic mass is 16.5. The van der Waals surface area contributed by atoms with E-state index in [0.717, 1.165) is 38.5 Å². The average Bonchev–Trinajstić information content (AvgIpc) is 3.22. The SMILES string of the molecule is O=C(CNCC1CC1)N1CCOC2CCCCC21. The minimum absolute atomic E-state index is 0.274. The fraction of sp³-hybridized carbons (Fsp3) is 0.929. The molecule has 0 spiro atoms. The lowest BCUT2D eigenvalue weighted by atomic mass is 9.90. The van der Waals surface area contributed by atoms with Gasteiger partial charge in [-0.05, 0) is 38.1 Å². The molecule has 0 radical (unpaired) electrons. The van der Waals surface area contributed by atoms with Crippen LogP contribution in [0.15, 0.2) is 0 Å². The molecule has 2 unspecified atom stereocenters. The summed E-state index contributed by atoms with van der Waals surface area (Å²) in [6.07, 6.45) is 7.72. The van der Waals surface area contributed by atoms with Gasteiger partial charge in [0, 0.05) is 6.54 Å². The van der Waals surface area contributed by atoms with Gasteiger partial charge in [-0.3, -0.25) is 4.79 Å². The Morgan fingerprint density at radius 2 is 2.06 bits per heavy atom. The van der Waals surface area contributed by atoms with Crippen LogP contribution in [-0.4, -0.2) is 49.2 Å². The predicted octanol–water partition coefficient (Wildman–Crippen LogP) is 1.16. The smallest absolute Gasteiger partial charge is 0.236 e. The van der Waals surface area contributed by atoms with Gasteiger partial charge in [-0.1, -0.05) is 12.8 Å². The molecule has 18 heavy (non-hydrogen) atoms. The molecule has 102 valence electrons. The number of rotatable bonds is 4. The van der Waals surface area contributed by atoms with Crippen molar-refractivity contribution in [1.82, 2.24) is 10.2 Å². The fourth-order valence-corrected chi connectivity index (χ4v) is 3.21. The summed E-state index contributed by atoms with van der Waals surface area (Å²) in [5.74, 6) is 1.11. The first-order valence-corrected chi connectivity index (χ1v) is 7.46. The van der Waals surface area contributed by atoms with E-state index in [-0.39, 0.29) is 5.91 Å². The van der Waals surface area contributed by atoms with Gasteiger partial charge in [0.25, 0.3) is 0 Å². The van der Waals surface area contributed by atoms with Crippen molar-refractivity contribution < 1.29 is 9.53 Å². The number of hydrogen-bond donors (Lipinski definition) is 1. The third-order valence-corrected chi connectivity index (χ3v) is 4.46. The Morgan fingerprint density at radius 1 is 1.22 bits per heavy atom. The van der Waals surface area contributed by atoms with Crippen molar-refractivity contribution in [2.24, 2.45) is 5.92 Å². The summed E-state index contributed by atoms with van der Waals surface area (Å²) < 4.78 is 5.80. The first-order valence-electron chi connectivity index (χ1n) is 7.46. The topological polar surface area (TPSA) is 41.6 Å². The Morgan fingerprint density at radius 3 is 2.89 bits per heavy atom. The second-order valence-electron chi connectivity index (χ2n) is 5.92. The Bertz CT molecular complexity index is 302. The maximum Gasteiger partial charge on any atom is 0.236 e. The maximum atomic E-state index is 12.3. The van der Waals surface area contributed by atoms with E-state index in [9.17, 15) is 4.79 Å². The monoisotopic (exact) mass is 252 g/mol. The van der Waals surface area contributed by atoms with Crippen LogP contribution in [-0.2, 0) is 9.53 Å². The van der Waals surface area contributed by atoms with Crippen LogP contribution in [0.3, 0.4) is 0 Å². The number of fused-ring (bicyclic) bond motifs is 1. The van der Waals surface area contributed by atoms with Gasteiger partial charge < -0.3 is 15.0 Å². The van der Waals surface area contributed by atoms with Crippen LogP contribution in [0.25, 0.3) is 0 Å². The van der Waals surface area contributed by atoms with Crippen molar-refractivity contribution in [2.75, 3.05) is 26.2 Å². The summed E-state index contributed by atoms with van der Waals surface area (Å²) in [4.78, 5) is 14.3. The first-order chi connectivity index (χ1) is 8.84. The summed E-state index contributed by atoms with van der Waals surface area (Å²) in [5.41, 5.74) is 0. The van der Waals surface area contributed by atoms with Gasteiger partial charge in [0.05, 0.1) is 25.3 Å². The van der Waals surface area contributed by atoms with Crippen molar-refractivity contribution in [3.63, 3.8) is 0 Å². The predicted molar refractivity (Wildman–Crippen MR) is 69.3 cm³/mol. The molecule has 4 nitrogen and oxygen atoms in total. The summed E-state index contributed by atoms with van der Waals surface area (Å²) in [7, 11) is 0. The quantitative estimate of drug-likeness (QED) is 0.816. The molecule has 2 aliphatic carbocycles. The molecular weight excluding hydrogens is 228 g/mol. The van der Waals surface area contributed by atoms with E-state index in [1.807, 2.05) is 0 Å². The highest BCUT2D eigenvalue weighted by Crippen LogP contribution is 2.29. The summed E-state index contributed by atoms with van der Waals surface area (Å²) >= 11 is 0. The lowest BCUT2D eigenvalue weighted by Gasteiger charge is -2.43. The van der Waals surface area contributed by atoms with E-state index >= 15 is 0 Å². The van der Waals surface area contributed by atoms with Crippen molar-refractivity contribution in [3.05, 3.63) is 0 Å². The molecule has 3 aliphatic rings.